The zero-order valence-electron chi connectivity index (χ0n) is 6.74. The van der Waals surface area contributed by atoms with Crippen LogP contribution >= 0.6 is 0 Å². The van der Waals surface area contributed by atoms with Crippen molar-refractivity contribution in [1.82, 2.24) is 0 Å². The number of rotatable bonds is 0. The molecule has 0 bridgehead atoms. The molecule has 0 heterocycles. The van der Waals surface area contributed by atoms with E-state index in [-0.39, 0.29) is 5.57 Å². The van der Waals surface area contributed by atoms with Crippen LogP contribution < -0.4 is 0 Å². The molecule has 1 aliphatic rings. The van der Waals surface area contributed by atoms with E-state index in [0.717, 1.165) is 18.2 Å². The molecule has 0 fully saturated rings. The largest absolute Gasteiger partial charge is 0.416 e. The third-order valence-corrected chi connectivity index (χ3v) is 1.52. The van der Waals surface area contributed by atoms with Crippen LogP contribution in [-0.2, 0) is 0 Å². The molecular weight excluding hydrogens is 184 g/mol. The van der Waals surface area contributed by atoms with Crippen molar-refractivity contribution in [3.8, 4) is 0 Å². The lowest BCUT2D eigenvalue weighted by molar-refractivity contribution is -0.0882. The first-order valence-electron chi connectivity index (χ1n) is 3.49. The zero-order chi connectivity index (χ0) is 10.1. The third kappa shape index (κ3) is 2.33. The molecule has 0 saturated carbocycles. The highest BCUT2D eigenvalue weighted by molar-refractivity contribution is 5.39. The van der Waals surface area contributed by atoms with Crippen LogP contribution in [0.4, 0.5) is 17.6 Å². The lowest BCUT2D eigenvalue weighted by atomic mass is 10.1. The van der Waals surface area contributed by atoms with Gasteiger partial charge in [-0.05, 0) is 30.7 Å². The summed E-state index contributed by atoms with van der Waals surface area (Å²) in [5, 5.41) is 0. The van der Waals surface area contributed by atoms with Gasteiger partial charge in [0, 0.05) is 0 Å². The maximum Gasteiger partial charge on any atom is 0.416 e. The Labute approximate surface area is 72.6 Å². The van der Waals surface area contributed by atoms with Gasteiger partial charge in [-0.1, -0.05) is 5.73 Å². The van der Waals surface area contributed by atoms with Gasteiger partial charge in [-0.25, -0.2) is 0 Å². The summed E-state index contributed by atoms with van der Waals surface area (Å²) in [5.41, 5.74) is 1.13. The van der Waals surface area contributed by atoms with Crippen molar-refractivity contribution < 1.29 is 17.6 Å². The van der Waals surface area contributed by atoms with Gasteiger partial charge in [0.25, 0.3) is 0 Å². The molecule has 0 unspecified atom stereocenters. The van der Waals surface area contributed by atoms with Gasteiger partial charge in [0.05, 0.1) is 5.57 Å². The molecule has 13 heavy (non-hydrogen) atoms. The molecule has 0 nitrogen and oxygen atoms in total. The van der Waals surface area contributed by atoms with Crippen molar-refractivity contribution in [2.75, 3.05) is 0 Å². The Kier molecular flexibility index (Phi) is 2.43. The first-order chi connectivity index (χ1) is 5.91. The van der Waals surface area contributed by atoms with Gasteiger partial charge in [-0.2, -0.15) is 17.6 Å². The smallest absolute Gasteiger partial charge is 0.197 e. The fraction of sp³-hybridized carbons (Fsp3) is 0.222. The molecule has 0 atom stereocenters. The Hall–Kier alpha value is -1.28. The standard InChI is InChI=1S/C9H6F4/c1-6-5-7(9(11,12)13)3-2-4-8(6)10/h2-3,5H,1H3. The average Bonchev–Trinajstić information content (AvgIpc) is 2.13. The summed E-state index contributed by atoms with van der Waals surface area (Å²) in [6.45, 7) is 1.26. The maximum atomic E-state index is 12.7. The quantitative estimate of drug-likeness (QED) is 0.405. The highest BCUT2D eigenvalue weighted by Gasteiger charge is 2.32. The second-order valence-corrected chi connectivity index (χ2v) is 2.57. The van der Waals surface area contributed by atoms with Gasteiger partial charge in [-0.15, -0.1) is 0 Å². The van der Waals surface area contributed by atoms with E-state index < -0.39 is 17.6 Å². The van der Waals surface area contributed by atoms with Crippen LogP contribution in [0.3, 0.4) is 0 Å². The first-order valence-corrected chi connectivity index (χ1v) is 3.49. The van der Waals surface area contributed by atoms with E-state index in [0.29, 0.717) is 0 Å². The molecule has 0 radical (unpaired) electrons. The Bertz CT molecular complexity index is 335. The molecule has 0 spiro atoms. The highest BCUT2D eigenvalue weighted by Crippen LogP contribution is 2.29. The van der Waals surface area contributed by atoms with Crippen LogP contribution in [0, 0.1) is 0 Å². The molecule has 70 valence electrons. The number of hydrogen-bond acceptors (Lipinski definition) is 0. The van der Waals surface area contributed by atoms with E-state index in [1.54, 1.807) is 0 Å². The topological polar surface area (TPSA) is 0 Å². The van der Waals surface area contributed by atoms with E-state index in [4.69, 9.17) is 0 Å². The molecule has 1 rings (SSSR count). The Balaban J connectivity index is 3.11. The average molecular weight is 190 g/mol. The summed E-state index contributed by atoms with van der Waals surface area (Å²) in [6.07, 6.45) is -1.98. The molecular formula is C9H6F4. The van der Waals surface area contributed by atoms with E-state index in [1.165, 1.54) is 6.92 Å². The lowest BCUT2D eigenvalue weighted by Gasteiger charge is -2.06. The minimum atomic E-state index is -4.44. The molecule has 0 aromatic carbocycles. The summed E-state index contributed by atoms with van der Waals surface area (Å²) in [4.78, 5) is 0. The van der Waals surface area contributed by atoms with Gasteiger partial charge in [0.2, 0.25) is 0 Å². The number of hydrogen-bond donors (Lipinski definition) is 0. The van der Waals surface area contributed by atoms with Gasteiger partial charge < -0.3 is 0 Å². The summed E-state index contributed by atoms with van der Waals surface area (Å²) < 4.78 is 49.1. The zero-order valence-corrected chi connectivity index (χ0v) is 6.74. The van der Waals surface area contributed by atoms with Crippen molar-refractivity contribution in [1.29, 1.82) is 0 Å². The minimum Gasteiger partial charge on any atom is -0.197 e. The Morgan fingerprint density at radius 1 is 1.31 bits per heavy atom. The first kappa shape index (κ1) is 9.81. The Morgan fingerprint density at radius 2 is 1.92 bits per heavy atom. The minimum absolute atomic E-state index is 0.0719. The SMILES string of the molecule is CC1=CC(C(F)(F)F)=CC=C=C1F. The summed E-state index contributed by atoms with van der Waals surface area (Å²) in [6, 6.07) is 0. The number of halogens is 4. The highest BCUT2D eigenvalue weighted by atomic mass is 19.4. The Morgan fingerprint density at radius 3 is 2.46 bits per heavy atom. The van der Waals surface area contributed by atoms with E-state index in [1.807, 2.05) is 0 Å². The van der Waals surface area contributed by atoms with Gasteiger partial charge in [0.1, 0.15) is 0 Å². The van der Waals surface area contributed by atoms with Crippen molar-refractivity contribution in [3.05, 3.63) is 40.9 Å². The monoisotopic (exact) mass is 190 g/mol. The second-order valence-electron chi connectivity index (χ2n) is 2.57. The van der Waals surface area contributed by atoms with Gasteiger partial charge >= 0.3 is 6.18 Å². The van der Waals surface area contributed by atoms with Crippen LogP contribution in [0.5, 0.6) is 0 Å². The fourth-order valence-corrected chi connectivity index (χ4v) is 0.839. The molecule has 0 aliphatic heterocycles. The molecule has 0 aromatic rings. The maximum absolute atomic E-state index is 12.7. The summed E-state index contributed by atoms with van der Waals surface area (Å²) in [5.74, 6) is -0.768. The van der Waals surface area contributed by atoms with E-state index >= 15 is 0 Å². The number of allylic oxidation sites excluding steroid dienone is 5. The predicted molar refractivity (Wildman–Crippen MR) is 40.6 cm³/mol. The molecule has 0 aromatic heterocycles. The molecule has 4 heteroatoms. The van der Waals surface area contributed by atoms with Crippen molar-refractivity contribution in [2.24, 2.45) is 0 Å². The van der Waals surface area contributed by atoms with Crippen molar-refractivity contribution in [2.45, 2.75) is 13.1 Å². The number of alkyl halides is 3. The third-order valence-electron chi connectivity index (χ3n) is 1.52. The molecule has 1 aliphatic carbocycles. The van der Waals surface area contributed by atoms with Crippen LogP contribution in [0.1, 0.15) is 6.92 Å². The second kappa shape index (κ2) is 3.23. The fourth-order valence-electron chi connectivity index (χ4n) is 0.839. The summed E-state index contributed by atoms with van der Waals surface area (Å²) in [7, 11) is 0. The lowest BCUT2D eigenvalue weighted by Crippen LogP contribution is -2.09. The van der Waals surface area contributed by atoms with Crippen molar-refractivity contribution in [3.63, 3.8) is 0 Å². The normalized spacial score (nSPS) is 17.5. The van der Waals surface area contributed by atoms with E-state index in [2.05, 4.69) is 5.73 Å². The predicted octanol–water partition coefficient (Wildman–Crippen LogP) is 3.44. The summed E-state index contributed by atoms with van der Waals surface area (Å²) >= 11 is 0. The molecule has 0 N–H and O–H groups in total. The van der Waals surface area contributed by atoms with Gasteiger partial charge in [-0.3, -0.25) is 0 Å². The van der Waals surface area contributed by atoms with Crippen molar-refractivity contribution >= 4 is 0 Å². The van der Waals surface area contributed by atoms with Crippen LogP contribution in [0.25, 0.3) is 0 Å². The van der Waals surface area contributed by atoms with Crippen LogP contribution in [0.2, 0.25) is 0 Å². The van der Waals surface area contributed by atoms with Crippen LogP contribution in [0.15, 0.2) is 40.9 Å². The molecule has 0 saturated heterocycles. The van der Waals surface area contributed by atoms with E-state index in [9.17, 15) is 17.6 Å². The molecule has 0 amide bonds. The van der Waals surface area contributed by atoms with Crippen LogP contribution in [-0.4, -0.2) is 6.18 Å². The van der Waals surface area contributed by atoms with Gasteiger partial charge in [0.15, 0.2) is 5.83 Å².